The van der Waals surface area contributed by atoms with Gasteiger partial charge < -0.3 is 0 Å². The van der Waals surface area contributed by atoms with Gasteiger partial charge in [0.15, 0.2) is 0 Å². The normalized spacial score (nSPS) is 13.1. The molecule has 1 atom stereocenters. The van der Waals surface area contributed by atoms with Crippen molar-refractivity contribution < 1.29 is 9.18 Å². The van der Waals surface area contributed by atoms with E-state index in [1.807, 2.05) is 0 Å². The molecule has 0 heterocycles. The Bertz CT molecular complexity index is 343. The van der Waals surface area contributed by atoms with Gasteiger partial charge in [0.2, 0.25) is 0 Å². The first kappa shape index (κ1) is 10.6. The standard InChI is InChI=1S/C11H12FNO/c1-8(14)11(7-13-2)9-3-5-10(12)6-4-9/h3-7,11H,1-2H3. The molecular formula is C11H12FNO. The molecular weight excluding hydrogens is 181 g/mol. The van der Waals surface area contributed by atoms with E-state index in [2.05, 4.69) is 4.99 Å². The minimum Gasteiger partial charge on any atom is -0.300 e. The van der Waals surface area contributed by atoms with Crippen LogP contribution in [0.2, 0.25) is 0 Å². The van der Waals surface area contributed by atoms with E-state index < -0.39 is 0 Å². The summed E-state index contributed by atoms with van der Waals surface area (Å²) in [5, 5.41) is 0. The van der Waals surface area contributed by atoms with Gasteiger partial charge in [-0.05, 0) is 24.6 Å². The third kappa shape index (κ3) is 2.49. The zero-order valence-corrected chi connectivity index (χ0v) is 8.20. The smallest absolute Gasteiger partial charge is 0.142 e. The summed E-state index contributed by atoms with van der Waals surface area (Å²) in [6, 6.07) is 5.88. The average molecular weight is 193 g/mol. The van der Waals surface area contributed by atoms with Gasteiger partial charge in [0.1, 0.15) is 11.6 Å². The van der Waals surface area contributed by atoms with Crippen LogP contribution in [0, 0.1) is 5.82 Å². The Balaban J connectivity index is 2.99. The van der Waals surface area contributed by atoms with Crippen LogP contribution < -0.4 is 0 Å². The van der Waals surface area contributed by atoms with Gasteiger partial charge in [-0.2, -0.15) is 0 Å². The van der Waals surface area contributed by atoms with Crippen molar-refractivity contribution in [2.24, 2.45) is 4.99 Å². The number of ketones is 1. The van der Waals surface area contributed by atoms with Crippen molar-refractivity contribution in [3.63, 3.8) is 0 Å². The number of aliphatic imine (C=N–C) groups is 1. The van der Waals surface area contributed by atoms with Gasteiger partial charge in [-0.15, -0.1) is 0 Å². The molecule has 2 nitrogen and oxygen atoms in total. The van der Waals surface area contributed by atoms with Gasteiger partial charge in [0.05, 0.1) is 5.92 Å². The fraction of sp³-hybridized carbons (Fsp3) is 0.273. The van der Waals surface area contributed by atoms with Crippen LogP contribution in [0.1, 0.15) is 18.4 Å². The topological polar surface area (TPSA) is 29.4 Å². The molecule has 1 unspecified atom stereocenters. The van der Waals surface area contributed by atoms with Crippen molar-refractivity contribution in [1.82, 2.24) is 0 Å². The number of Topliss-reactive ketones (excluding diaryl/α,β-unsaturated/α-hetero) is 1. The maximum absolute atomic E-state index is 12.6. The van der Waals surface area contributed by atoms with Gasteiger partial charge >= 0.3 is 0 Å². The van der Waals surface area contributed by atoms with Gasteiger partial charge in [0, 0.05) is 13.3 Å². The molecule has 0 saturated heterocycles. The molecule has 0 spiro atoms. The van der Waals surface area contributed by atoms with E-state index in [-0.39, 0.29) is 17.5 Å². The van der Waals surface area contributed by atoms with Crippen LogP contribution in [0.3, 0.4) is 0 Å². The first-order chi connectivity index (χ1) is 6.65. The number of benzene rings is 1. The number of hydrogen-bond acceptors (Lipinski definition) is 2. The summed E-state index contributed by atoms with van der Waals surface area (Å²) in [6.07, 6.45) is 1.57. The Morgan fingerprint density at radius 3 is 2.43 bits per heavy atom. The van der Waals surface area contributed by atoms with Crippen molar-refractivity contribution in [2.45, 2.75) is 12.8 Å². The van der Waals surface area contributed by atoms with E-state index in [0.29, 0.717) is 0 Å². The van der Waals surface area contributed by atoms with E-state index in [1.54, 1.807) is 25.4 Å². The second-order valence-electron chi connectivity index (χ2n) is 3.05. The second-order valence-corrected chi connectivity index (χ2v) is 3.05. The molecule has 0 radical (unpaired) electrons. The summed E-state index contributed by atoms with van der Waals surface area (Å²) >= 11 is 0. The molecule has 1 rings (SSSR count). The lowest BCUT2D eigenvalue weighted by Gasteiger charge is -2.07. The third-order valence-corrected chi connectivity index (χ3v) is 1.97. The first-order valence-electron chi connectivity index (χ1n) is 4.33. The number of rotatable bonds is 3. The molecule has 0 fully saturated rings. The molecule has 3 heteroatoms. The van der Waals surface area contributed by atoms with Crippen LogP contribution >= 0.6 is 0 Å². The minimum atomic E-state index is -0.361. The maximum Gasteiger partial charge on any atom is 0.142 e. The highest BCUT2D eigenvalue weighted by atomic mass is 19.1. The molecule has 0 aliphatic carbocycles. The van der Waals surface area contributed by atoms with Crippen molar-refractivity contribution >= 4 is 12.0 Å². The van der Waals surface area contributed by atoms with Crippen LogP contribution in [-0.4, -0.2) is 19.0 Å². The number of halogens is 1. The Hall–Kier alpha value is -1.51. The number of carbonyl (C=O) groups excluding carboxylic acids is 1. The van der Waals surface area contributed by atoms with Crippen molar-refractivity contribution in [3.05, 3.63) is 35.6 Å². The number of nitrogens with zero attached hydrogens (tertiary/aromatic N) is 1. The molecule has 0 bridgehead atoms. The molecule has 14 heavy (non-hydrogen) atoms. The fourth-order valence-electron chi connectivity index (χ4n) is 1.24. The fourth-order valence-corrected chi connectivity index (χ4v) is 1.24. The first-order valence-corrected chi connectivity index (χ1v) is 4.33. The highest BCUT2D eigenvalue weighted by molar-refractivity contribution is 5.99. The van der Waals surface area contributed by atoms with Crippen molar-refractivity contribution in [1.29, 1.82) is 0 Å². The summed E-state index contributed by atoms with van der Waals surface area (Å²) in [5.74, 6) is -0.660. The largest absolute Gasteiger partial charge is 0.300 e. The molecule has 0 aromatic heterocycles. The SMILES string of the molecule is CN=CC(C(C)=O)c1ccc(F)cc1. The van der Waals surface area contributed by atoms with E-state index in [9.17, 15) is 9.18 Å². The Morgan fingerprint density at radius 2 is 2.00 bits per heavy atom. The predicted octanol–water partition coefficient (Wildman–Crippen LogP) is 2.20. The summed E-state index contributed by atoms with van der Waals surface area (Å²) in [6.45, 7) is 1.50. The minimum absolute atomic E-state index is 0.00204. The molecule has 0 aliphatic heterocycles. The quantitative estimate of drug-likeness (QED) is 0.676. The van der Waals surface area contributed by atoms with Gasteiger partial charge in [-0.3, -0.25) is 9.79 Å². The summed E-state index contributed by atoms with van der Waals surface area (Å²) in [7, 11) is 1.61. The highest BCUT2D eigenvalue weighted by Crippen LogP contribution is 2.15. The third-order valence-electron chi connectivity index (χ3n) is 1.97. The Kier molecular flexibility index (Phi) is 3.51. The molecule has 74 valence electrons. The van der Waals surface area contributed by atoms with Crippen molar-refractivity contribution in [2.75, 3.05) is 7.05 Å². The van der Waals surface area contributed by atoms with E-state index in [0.717, 1.165) is 5.56 Å². The molecule has 0 saturated carbocycles. The van der Waals surface area contributed by atoms with Gasteiger partial charge in [-0.25, -0.2) is 4.39 Å². The summed E-state index contributed by atoms with van der Waals surface area (Å²) < 4.78 is 12.6. The van der Waals surface area contributed by atoms with Gasteiger partial charge in [-0.1, -0.05) is 12.1 Å². The van der Waals surface area contributed by atoms with Crippen molar-refractivity contribution in [3.8, 4) is 0 Å². The maximum atomic E-state index is 12.6. The van der Waals surface area contributed by atoms with E-state index >= 15 is 0 Å². The van der Waals surface area contributed by atoms with Crippen LogP contribution in [0.5, 0.6) is 0 Å². The predicted molar refractivity (Wildman–Crippen MR) is 54.2 cm³/mol. The van der Waals surface area contributed by atoms with Crippen LogP contribution in [0.25, 0.3) is 0 Å². The zero-order valence-electron chi connectivity index (χ0n) is 8.20. The van der Waals surface area contributed by atoms with Crippen LogP contribution in [-0.2, 0) is 4.79 Å². The van der Waals surface area contributed by atoms with Crippen LogP contribution in [0.4, 0.5) is 4.39 Å². The molecule has 1 aromatic carbocycles. The Morgan fingerprint density at radius 1 is 1.43 bits per heavy atom. The summed E-state index contributed by atoms with van der Waals surface area (Å²) in [4.78, 5) is 15.1. The molecule has 0 amide bonds. The lowest BCUT2D eigenvalue weighted by Crippen LogP contribution is -2.10. The second kappa shape index (κ2) is 4.65. The number of carbonyl (C=O) groups is 1. The highest BCUT2D eigenvalue weighted by Gasteiger charge is 2.13. The lowest BCUT2D eigenvalue weighted by molar-refractivity contribution is -0.116. The average Bonchev–Trinajstić information content (AvgIpc) is 2.15. The monoisotopic (exact) mass is 193 g/mol. The van der Waals surface area contributed by atoms with E-state index in [4.69, 9.17) is 0 Å². The zero-order chi connectivity index (χ0) is 10.6. The molecule has 0 aliphatic rings. The van der Waals surface area contributed by atoms with Crippen LogP contribution in [0.15, 0.2) is 29.3 Å². The van der Waals surface area contributed by atoms with E-state index in [1.165, 1.54) is 19.1 Å². The lowest BCUT2D eigenvalue weighted by atomic mass is 9.97. The molecule has 0 N–H and O–H groups in total. The number of hydrogen-bond donors (Lipinski definition) is 0. The summed E-state index contributed by atoms with van der Waals surface area (Å²) in [5.41, 5.74) is 0.768. The Labute approximate surface area is 82.5 Å². The molecule has 1 aromatic rings. The van der Waals surface area contributed by atoms with Gasteiger partial charge in [0.25, 0.3) is 0 Å².